The van der Waals surface area contributed by atoms with Crippen molar-refractivity contribution in [3.05, 3.63) is 0 Å². The highest BCUT2D eigenvalue weighted by atomic mass is 16.7. The largest absolute Gasteiger partial charge is 0.372 e. The minimum absolute atomic E-state index is 0.00188. The smallest absolute Gasteiger partial charge is 0.161 e. The van der Waals surface area contributed by atoms with E-state index in [0.717, 1.165) is 19.3 Å². The Morgan fingerprint density at radius 3 is 1.35 bits per heavy atom. The molecule has 3 heterocycles. The van der Waals surface area contributed by atoms with Crippen molar-refractivity contribution in [2.45, 2.75) is 145 Å². The highest BCUT2D eigenvalue weighted by Gasteiger charge is 2.48. The molecule has 0 amide bonds. The van der Waals surface area contributed by atoms with Crippen LogP contribution in [0.4, 0.5) is 0 Å². The normalized spacial score (nSPS) is 52.5. The first kappa shape index (κ1) is 28.4. The molecule has 34 heavy (non-hydrogen) atoms. The molecule has 5 heteroatoms. The van der Waals surface area contributed by atoms with Crippen LogP contribution in [-0.2, 0) is 23.7 Å². The third-order valence-corrected chi connectivity index (χ3v) is 10.1. The second kappa shape index (κ2) is 11.9. The maximum absolute atomic E-state index is 6.79. The lowest BCUT2D eigenvalue weighted by Crippen LogP contribution is -2.57. The van der Waals surface area contributed by atoms with Gasteiger partial charge < -0.3 is 23.7 Å². The molecule has 0 aromatic heterocycles. The van der Waals surface area contributed by atoms with Gasteiger partial charge in [-0.25, -0.2) is 0 Å². The van der Waals surface area contributed by atoms with E-state index < -0.39 is 0 Å². The van der Waals surface area contributed by atoms with Gasteiger partial charge in [0, 0.05) is 11.8 Å². The van der Waals surface area contributed by atoms with Crippen LogP contribution in [0.3, 0.4) is 0 Å². The molecule has 0 aromatic rings. The number of rotatable bonds is 7. The van der Waals surface area contributed by atoms with E-state index in [1.807, 2.05) is 0 Å². The van der Waals surface area contributed by atoms with Crippen molar-refractivity contribution in [3.63, 3.8) is 0 Å². The number of hydrogen-bond acceptors (Lipinski definition) is 5. The predicted octanol–water partition coefficient (Wildman–Crippen LogP) is 6.68. The summed E-state index contributed by atoms with van der Waals surface area (Å²) in [5.41, 5.74) is 0. The van der Waals surface area contributed by atoms with E-state index in [1.165, 1.54) is 0 Å². The zero-order chi connectivity index (χ0) is 25.3. The van der Waals surface area contributed by atoms with Crippen molar-refractivity contribution < 1.29 is 23.7 Å². The van der Waals surface area contributed by atoms with Crippen molar-refractivity contribution in [3.8, 4) is 0 Å². The lowest BCUT2D eigenvalue weighted by molar-refractivity contribution is -0.339. The quantitative estimate of drug-likeness (QED) is 0.405. The average molecular weight is 483 g/mol. The fraction of sp³-hybridized carbons (Fsp3) is 1.00. The lowest BCUT2D eigenvalue weighted by atomic mass is 9.78. The molecule has 0 saturated carbocycles. The zero-order valence-corrected chi connectivity index (χ0v) is 23.8. The third-order valence-electron chi connectivity index (χ3n) is 10.1. The Labute approximate surface area is 210 Å². The molecular formula is C29H54O5. The van der Waals surface area contributed by atoms with Crippen LogP contribution in [0.5, 0.6) is 0 Å². The van der Waals surface area contributed by atoms with E-state index in [1.54, 1.807) is 0 Å². The molecule has 0 radical (unpaired) electrons. The average Bonchev–Trinajstić information content (AvgIpc) is 2.83. The number of ether oxygens (including phenoxy) is 5. The molecule has 7 unspecified atom stereocenters. The lowest BCUT2D eigenvalue weighted by Gasteiger charge is -2.51. The van der Waals surface area contributed by atoms with Crippen molar-refractivity contribution >= 4 is 0 Å². The Hall–Kier alpha value is -0.200. The second-order valence-corrected chi connectivity index (χ2v) is 11.9. The summed E-state index contributed by atoms with van der Waals surface area (Å²) in [6.07, 6.45) is 3.16. The van der Waals surface area contributed by atoms with E-state index in [4.69, 9.17) is 23.7 Å². The van der Waals surface area contributed by atoms with Gasteiger partial charge in [0.2, 0.25) is 0 Å². The van der Waals surface area contributed by atoms with Gasteiger partial charge in [-0.2, -0.15) is 0 Å². The summed E-state index contributed by atoms with van der Waals surface area (Å²) in [5, 5.41) is 0. The molecule has 3 aliphatic heterocycles. The molecular weight excluding hydrogens is 428 g/mol. The third kappa shape index (κ3) is 5.54. The van der Waals surface area contributed by atoms with Crippen LogP contribution >= 0.6 is 0 Å². The van der Waals surface area contributed by atoms with Gasteiger partial charge in [-0.1, -0.05) is 69.2 Å². The minimum Gasteiger partial charge on any atom is -0.372 e. The van der Waals surface area contributed by atoms with Gasteiger partial charge in [0.25, 0.3) is 0 Å². The first-order chi connectivity index (χ1) is 16.0. The van der Waals surface area contributed by atoms with Crippen molar-refractivity contribution in [2.75, 3.05) is 0 Å². The topological polar surface area (TPSA) is 46.2 Å². The second-order valence-electron chi connectivity index (χ2n) is 11.9. The molecule has 0 bridgehead atoms. The first-order valence-corrected chi connectivity index (χ1v) is 14.3. The van der Waals surface area contributed by atoms with E-state index in [0.29, 0.717) is 35.5 Å². The first-order valence-electron chi connectivity index (χ1n) is 14.3. The van der Waals surface area contributed by atoms with E-state index in [-0.39, 0.29) is 55.1 Å². The van der Waals surface area contributed by atoms with Crippen molar-refractivity contribution in [2.24, 2.45) is 41.4 Å². The number of hydrogen-bond donors (Lipinski definition) is 0. The Morgan fingerprint density at radius 2 is 0.853 bits per heavy atom. The Morgan fingerprint density at radius 1 is 0.441 bits per heavy atom. The van der Waals surface area contributed by atoms with Gasteiger partial charge in [0.15, 0.2) is 12.6 Å². The summed E-state index contributed by atoms with van der Waals surface area (Å²) in [5.74, 6) is 2.91. The minimum atomic E-state index is -0.238. The molecule has 200 valence electrons. The molecule has 0 spiro atoms. The van der Waals surface area contributed by atoms with E-state index in [2.05, 4.69) is 76.2 Å². The predicted molar refractivity (Wildman–Crippen MR) is 136 cm³/mol. The summed E-state index contributed by atoms with van der Waals surface area (Å²) in [7, 11) is 0. The van der Waals surface area contributed by atoms with E-state index in [9.17, 15) is 0 Å². The molecule has 0 N–H and O–H groups in total. The van der Waals surface area contributed by atoms with Crippen LogP contribution in [0, 0.1) is 41.4 Å². The van der Waals surface area contributed by atoms with Crippen LogP contribution in [0.1, 0.15) is 95.4 Å². The maximum atomic E-state index is 6.79. The summed E-state index contributed by atoms with van der Waals surface area (Å²) in [6, 6.07) is 0. The maximum Gasteiger partial charge on any atom is 0.161 e. The fourth-order valence-electron chi connectivity index (χ4n) is 6.46. The monoisotopic (exact) mass is 482 g/mol. The van der Waals surface area contributed by atoms with Crippen LogP contribution in [0.15, 0.2) is 0 Å². The Bertz CT molecular complexity index is 622. The van der Waals surface area contributed by atoms with Gasteiger partial charge in [-0.3, -0.25) is 0 Å². The molecule has 3 aliphatic rings. The highest BCUT2D eigenvalue weighted by Crippen LogP contribution is 2.42. The molecule has 3 fully saturated rings. The Balaban J connectivity index is 1.72. The highest BCUT2D eigenvalue weighted by molar-refractivity contribution is 4.92. The van der Waals surface area contributed by atoms with Gasteiger partial charge in [-0.15, -0.1) is 0 Å². The zero-order valence-electron chi connectivity index (χ0n) is 23.8. The Kier molecular flexibility index (Phi) is 9.93. The van der Waals surface area contributed by atoms with Crippen LogP contribution in [-0.4, -0.2) is 49.2 Å². The molecule has 3 saturated heterocycles. The summed E-state index contributed by atoms with van der Waals surface area (Å²) in [4.78, 5) is 0. The van der Waals surface area contributed by atoms with Gasteiger partial charge >= 0.3 is 0 Å². The summed E-state index contributed by atoms with van der Waals surface area (Å²) >= 11 is 0. The van der Waals surface area contributed by atoms with Gasteiger partial charge in [0.1, 0.15) is 0 Å². The summed E-state index contributed by atoms with van der Waals surface area (Å²) in [6.45, 7) is 24.9. The van der Waals surface area contributed by atoms with Crippen LogP contribution < -0.4 is 0 Å². The SMILES string of the molecule is CCC1O[C@@H](C)C(C)[C@@H](C)[C@@H]1O[C@@H]1OC(CC)[C@H](OC2OC(CC)[C@H](C)[C@H](C)C2C)[C@H](C)C1C. The summed E-state index contributed by atoms with van der Waals surface area (Å²) < 4.78 is 33.1. The molecule has 0 aliphatic carbocycles. The van der Waals surface area contributed by atoms with E-state index >= 15 is 0 Å². The molecule has 3 rings (SSSR count). The fourth-order valence-corrected chi connectivity index (χ4v) is 6.46. The van der Waals surface area contributed by atoms with Crippen LogP contribution in [0.25, 0.3) is 0 Å². The van der Waals surface area contributed by atoms with Gasteiger partial charge in [0.05, 0.1) is 36.6 Å². The molecule has 5 nitrogen and oxygen atoms in total. The van der Waals surface area contributed by atoms with Crippen LogP contribution in [0.2, 0.25) is 0 Å². The van der Waals surface area contributed by atoms with Crippen molar-refractivity contribution in [1.82, 2.24) is 0 Å². The van der Waals surface area contributed by atoms with Gasteiger partial charge in [-0.05, 0) is 55.8 Å². The van der Waals surface area contributed by atoms with Crippen molar-refractivity contribution in [1.29, 1.82) is 0 Å². The molecule has 0 aromatic carbocycles. The standard InChI is InChI=1S/C29H54O5/c1-12-23-17(6)15(4)20(9)28(31-23)34-27-19(8)21(10)29(32-25(27)14-3)33-26-18(7)16(5)22(11)30-24(26)13-2/h15-29H,12-14H2,1-11H3/t15-,16?,17+,18+,19+,20?,21?,22-,23?,24?,25?,26-,27+,28?,29-/m0/s1. The molecule has 15 atom stereocenters.